The summed E-state index contributed by atoms with van der Waals surface area (Å²) in [5, 5.41) is 9.93. The number of aromatic hydroxyl groups is 1. The lowest BCUT2D eigenvalue weighted by Crippen LogP contribution is -2.47. The van der Waals surface area contributed by atoms with E-state index in [4.69, 9.17) is 4.74 Å². The van der Waals surface area contributed by atoms with E-state index in [1.165, 1.54) is 0 Å². The first-order valence-corrected chi connectivity index (χ1v) is 6.82. The van der Waals surface area contributed by atoms with E-state index in [9.17, 15) is 5.11 Å². The molecule has 0 bridgehead atoms. The minimum absolute atomic E-state index is 0.359. The highest BCUT2D eigenvalue weighted by molar-refractivity contribution is 5.45. The van der Waals surface area contributed by atoms with Gasteiger partial charge < -0.3 is 9.84 Å². The Kier molecular flexibility index (Phi) is 4.12. The summed E-state index contributed by atoms with van der Waals surface area (Å²) >= 11 is 0. The largest absolute Gasteiger partial charge is 0.508 e. The average Bonchev–Trinajstić information content (AvgIpc) is 2.36. The Morgan fingerprint density at radius 1 is 1.44 bits per heavy atom. The van der Waals surface area contributed by atoms with Gasteiger partial charge in [0.1, 0.15) is 18.1 Å². The molecule has 3 nitrogen and oxygen atoms in total. The highest BCUT2D eigenvalue weighted by Gasteiger charge is 2.28. The highest BCUT2D eigenvalue weighted by atomic mass is 16.5. The van der Waals surface area contributed by atoms with E-state index >= 15 is 0 Å². The first kappa shape index (κ1) is 13.2. The fourth-order valence-electron chi connectivity index (χ4n) is 2.71. The number of rotatable bonds is 4. The molecule has 0 amide bonds. The summed E-state index contributed by atoms with van der Waals surface area (Å²) in [5.74, 6) is 1.20. The van der Waals surface area contributed by atoms with Crippen LogP contribution in [0.4, 0.5) is 0 Å². The summed E-state index contributed by atoms with van der Waals surface area (Å²) in [4.78, 5) is 2.47. The molecule has 1 aliphatic rings. The van der Waals surface area contributed by atoms with Crippen LogP contribution in [0.25, 0.3) is 0 Å². The smallest absolute Gasteiger partial charge is 0.126 e. The van der Waals surface area contributed by atoms with Gasteiger partial charge in [-0.05, 0) is 45.4 Å². The second-order valence-corrected chi connectivity index (χ2v) is 5.25. The van der Waals surface area contributed by atoms with Crippen molar-refractivity contribution in [2.75, 3.05) is 13.2 Å². The molecule has 1 heterocycles. The molecule has 1 aromatic carbocycles. The monoisotopic (exact) mass is 249 g/mol. The average molecular weight is 249 g/mol. The molecule has 0 fully saturated rings. The van der Waals surface area contributed by atoms with E-state index in [2.05, 4.69) is 25.7 Å². The molecule has 100 valence electrons. The molecule has 1 N–H and O–H groups in total. The van der Waals surface area contributed by atoms with Gasteiger partial charge in [-0.15, -0.1) is 0 Å². The molecule has 1 aromatic rings. The number of hydrogen-bond donors (Lipinski definition) is 1. The van der Waals surface area contributed by atoms with Gasteiger partial charge in [0.05, 0.1) is 0 Å². The number of fused-ring (bicyclic) bond motifs is 1. The van der Waals surface area contributed by atoms with Gasteiger partial charge in [0, 0.05) is 17.6 Å². The van der Waals surface area contributed by atoms with Crippen molar-refractivity contribution in [2.45, 2.75) is 45.7 Å². The molecule has 0 aliphatic carbocycles. The predicted octanol–water partition coefficient (Wildman–Crippen LogP) is 2.82. The van der Waals surface area contributed by atoms with E-state index in [-0.39, 0.29) is 0 Å². The standard InChI is InChI=1S/C15H23NO2/c1-4-8-16(11(2)3)12-9-13-14(17)6-5-7-15(13)18-10-12/h5-7,11-12,17H,4,8-10H2,1-3H3/t12-/m0/s1. The molecular formula is C15H23NO2. The molecule has 0 radical (unpaired) electrons. The third kappa shape index (κ3) is 2.61. The van der Waals surface area contributed by atoms with Gasteiger partial charge in [-0.1, -0.05) is 13.0 Å². The van der Waals surface area contributed by atoms with Crippen LogP contribution in [-0.4, -0.2) is 35.2 Å². The number of nitrogens with zero attached hydrogens (tertiary/aromatic N) is 1. The van der Waals surface area contributed by atoms with Gasteiger partial charge in [-0.3, -0.25) is 4.90 Å². The van der Waals surface area contributed by atoms with Crippen LogP contribution in [0.2, 0.25) is 0 Å². The molecule has 0 aromatic heterocycles. The van der Waals surface area contributed by atoms with Crippen LogP contribution in [0.15, 0.2) is 18.2 Å². The van der Waals surface area contributed by atoms with Gasteiger partial charge in [0.25, 0.3) is 0 Å². The second kappa shape index (κ2) is 5.61. The van der Waals surface area contributed by atoms with E-state index in [0.717, 1.165) is 30.7 Å². The SMILES string of the molecule is CCCN(C(C)C)[C@@H]1COc2cccc(O)c2C1. The number of hydrogen-bond acceptors (Lipinski definition) is 3. The third-order valence-electron chi connectivity index (χ3n) is 3.59. The molecule has 0 saturated heterocycles. The number of phenols is 1. The Bertz CT molecular complexity index is 403. The van der Waals surface area contributed by atoms with E-state index in [1.807, 2.05) is 12.1 Å². The molecule has 2 rings (SSSR count). The number of phenolic OH excluding ortho intramolecular Hbond substituents is 1. The first-order valence-electron chi connectivity index (χ1n) is 6.82. The maximum atomic E-state index is 9.93. The summed E-state index contributed by atoms with van der Waals surface area (Å²) in [7, 11) is 0. The van der Waals surface area contributed by atoms with Gasteiger partial charge in [0.2, 0.25) is 0 Å². The van der Waals surface area contributed by atoms with Crippen LogP contribution in [0.1, 0.15) is 32.8 Å². The lowest BCUT2D eigenvalue weighted by atomic mass is 9.99. The minimum Gasteiger partial charge on any atom is -0.508 e. The van der Waals surface area contributed by atoms with Crippen LogP contribution >= 0.6 is 0 Å². The zero-order chi connectivity index (χ0) is 13.1. The third-order valence-corrected chi connectivity index (χ3v) is 3.59. The van der Waals surface area contributed by atoms with Crippen molar-refractivity contribution in [3.8, 4) is 11.5 Å². The maximum absolute atomic E-state index is 9.93. The summed E-state index contributed by atoms with van der Waals surface area (Å²) in [6.07, 6.45) is 2.02. The zero-order valence-electron chi connectivity index (χ0n) is 11.5. The van der Waals surface area contributed by atoms with Crippen molar-refractivity contribution in [1.29, 1.82) is 0 Å². The van der Waals surface area contributed by atoms with E-state index in [1.54, 1.807) is 6.07 Å². The quantitative estimate of drug-likeness (QED) is 0.890. The lowest BCUT2D eigenvalue weighted by molar-refractivity contribution is 0.0916. The Labute approximate surface area is 109 Å². The van der Waals surface area contributed by atoms with E-state index in [0.29, 0.717) is 24.4 Å². The normalized spacial score (nSPS) is 18.8. The molecule has 3 heteroatoms. The van der Waals surface area contributed by atoms with Crippen molar-refractivity contribution >= 4 is 0 Å². The van der Waals surface area contributed by atoms with Crippen LogP contribution in [0.3, 0.4) is 0 Å². The van der Waals surface area contributed by atoms with Gasteiger partial charge >= 0.3 is 0 Å². The van der Waals surface area contributed by atoms with Crippen LogP contribution in [-0.2, 0) is 6.42 Å². The maximum Gasteiger partial charge on any atom is 0.126 e. The van der Waals surface area contributed by atoms with Crippen LogP contribution < -0.4 is 4.74 Å². The van der Waals surface area contributed by atoms with Crippen LogP contribution in [0, 0.1) is 0 Å². The first-order chi connectivity index (χ1) is 8.63. The number of ether oxygens (including phenoxy) is 1. The Morgan fingerprint density at radius 2 is 2.22 bits per heavy atom. The second-order valence-electron chi connectivity index (χ2n) is 5.25. The van der Waals surface area contributed by atoms with Crippen molar-refractivity contribution in [3.63, 3.8) is 0 Å². The fourth-order valence-corrected chi connectivity index (χ4v) is 2.71. The Balaban J connectivity index is 2.17. The van der Waals surface area contributed by atoms with Crippen molar-refractivity contribution in [3.05, 3.63) is 23.8 Å². The molecule has 1 aliphatic heterocycles. The molecule has 0 saturated carbocycles. The zero-order valence-corrected chi connectivity index (χ0v) is 11.5. The summed E-state index contributed by atoms with van der Waals surface area (Å²) < 4.78 is 5.79. The molecule has 0 unspecified atom stereocenters. The summed E-state index contributed by atoms with van der Waals surface area (Å²) in [6.45, 7) is 8.43. The predicted molar refractivity (Wildman–Crippen MR) is 73.2 cm³/mol. The topological polar surface area (TPSA) is 32.7 Å². The number of benzene rings is 1. The molecule has 1 atom stereocenters. The molecule has 0 spiro atoms. The van der Waals surface area contributed by atoms with Gasteiger partial charge in [-0.25, -0.2) is 0 Å². The Hall–Kier alpha value is -1.22. The Morgan fingerprint density at radius 3 is 2.89 bits per heavy atom. The van der Waals surface area contributed by atoms with Crippen molar-refractivity contribution in [1.82, 2.24) is 4.90 Å². The van der Waals surface area contributed by atoms with E-state index < -0.39 is 0 Å². The molecule has 18 heavy (non-hydrogen) atoms. The van der Waals surface area contributed by atoms with Crippen LogP contribution in [0.5, 0.6) is 11.5 Å². The minimum atomic E-state index is 0.359. The highest BCUT2D eigenvalue weighted by Crippen LogP contribution is 2.33. The fraction of sp³-hybridized carbons (Fsp3) is 0.600. The molecular weight excluding hydrogens is 226 g/mol. The van der Waals surface area contributed by atoms with Gasteiger partial charge in [0.15, 0.2) is 0 Å². The van der Waals surface area contributed by atoms with Crippen molar-refractivity contribution in [2.24, 2.45) is 0 Å². The summed E-state index contributed by atoms with van der Waals surface area (Å²) in [6, 6.07) is 6.38. The van der Waals surface area contributed by atoms with Crippen molar-refractivity contribution < 1.29 is 9.84 Å². The summed E-state index contributed by atoms with van der Waals surface area (Å²) in [5.41, 5.74) is 0.954. The lowest BCUT2D eigenvalue weighted by Gasteiger charge is -2.37. The van der Waals surface area contributed by atoms with Gasteiger partial charge in [-0.2, -0.15) is 0 Å².